The number of hydrogen-bond acceptors (Lipinski definition) is 10. The van der Waals surface area contributed by atoms with Crippen molar-refractivity contribution in [2.75, 3.05) is 29.6 Å². The maximum Gasteiger partial charge on any atom is 0.320 e. The molecule has 15 heteroatoms. The zero-order valence-electron chi connectivity index (χ0n) is 32.2. The van der Waals surface area contributed by atoms with Gasteiger partial charge in [-0.1, -0.05) is 51.1 Å². The summed E-state index contributed by atoms with van der Waals surface area (Å²) >= 11 is 0. The SMILES string of the molecule is C[C@H](COS(C)(=O)=O)Oc1cccc(-n2nc(C(C)(C)C)cc2NC(=O)N[C@H]2CC[C@@H](Oc3ccc4nnc(N5CCCC[C@@H]5C)n4c3)c3ccccc32)c1. The average molecular weight is 771 g/mol. The second kappa shape index (κ2) is 15.5. The van der Waals surface area contributed by atoms with E-state index in [-0.39, 0.29) is 30.2 Å². The lowest BCUT2D eigenvalue weighted by Crippen LogP contribution is -2.38. The van der Waals surface area contributed by atoms with Crippen LogP contribution >= 0.6 is 0 Å². The Hall–Kier alpha value is -5.15. The minimum absolute atomic E-state index is 0.124. The number of benzene rings is 2. The van der Waals surface area contributed by atoms with Crippen molar-refractivity contribution < 1.29 is 26.9 Å². The van der Waals surface area contributed by atoms with Crippen molar-refractivity contribution in [3.63, 3.8) is 0 Å². The van der Waals surface area contributed by atoms with Crippen LogP contribution < -0.4 is 25.0 Å². The van der Waals surface area contributed by atoms with Gasteiger partial charge in [0.15, 0.2) is 5.65 Å². The standard InChI is InChI=1S/C40H50N8O6S/c1-26-12-9-10-21-46(26)39-44-43-36-20-17-30(24-47(36)39)54-34-19-18-33(31-15-7-8-16-32(31)34)41-38(49)42-37-23-35(40(3,4)5)45-48(37)28-13-11-14-29(22-28)53-27(2)25-52-55(6,50)51/h7-8,11,13-17,20,22-24,26-27,33-34H,9-10,12,18-19,21,25H2,1-6H3,(H2,41,42,49)/t26-,27+,33-,34+/m0/s1. The first-order chi connectivity index (χ1) is 26.2. The molecule has 7 rings (SSSR count). The van der Waals surface area contributed by atoms with E-state index < -0.39 is 16.2 Å². The number of fused-ring (bicyclic) bond motifs is 2. The van der Waals surface area contributed by atoms with Crippen LogP contribution in [0.4, 0.5) is 16.6 Å². The van der Waals surface area contributed by atoms with Gasteiger partial charge >= 0.3 is 6.03 Å². The van der Waals surface area contributed by atoms with Gasteiger partial charge in [0.1, 0.15) is 36.1 Å². The van der Waals surface area contributed by atoms with Gasteiger partial charge in [-0.05, 0) is 81.3 Å². The Kier molecular flexibility index (Phi) is 10.8. The number of nitrogens with zero attached hydrogens (tertiary/aromatic N) is 6. The third-order valence-corrected chi connectivity index (χ3v) is 10.6. The largest absolute Gasteiger partial charge is 0.488 e. The van der Waals surface area contributed by atoms with E-state index in [0.717, 1.165) is 59.8 Å². The Labute approximate surface area is 322 Å². The van der Waals surface area contributed by atoms with Crippen LogP contribution in [0.2, 0.25) is 0 Å². The van der Waals surface area contributed by atoms with Gasteiger partial charge in [-0.25, -0.2) is 9.48 Å². The highest BCUT2D eigenvalue weighted by atomic mass is 32.2. The number of nitrogens with one attached hydrogen (secondary N) is 2. The summed E-state index contributed by atoms with van der Waals surface area (Å²) in [6, 6.07) is 20.9. The fraction of sp³-hybridized carbons (Fsp3) is 0.450. The summed E-state index contributed by atoms with van der Waals surface area (Å²) < 4.78 is 44.1. The molecule has 2 N–H and O–H groups in total. The monoisotopic (exact) mass is 770 g/mol. The maximum atomic E-state index is 13.8. The van der Waals surface area contributed by atoms with Gasteiger partial charge in [0.05, 0.1) is 29.9 Å². The molecule has 1 saturated heterocycles. The molecule has 2 aromatic carbocycles. The lowest BCUT2D eigenvalue weighted by molar-refractivity contribution is 0.147. The molecule has 4 atom stereocenters. The predicted molar refractivity (Wildman–Crippen MR) is 211 cm³/mol. The quantitative estimate of drug-likeness (QED) is 0.133. The molecule has 5 aromatic rings. The van der Waals surface area contributed by atoms with E-state index in [1.54, 1.807) is 23.7 Å². The fourth-order valence-corrected chi connectivity index (χ4v) is 7.66. The molecule has 0 bridgehead atoms. The van der Waals surface area contributed by atoms with Crippen molar-refractivity contribution in [2.45, 2.75) is 96.4 Å². The number of hydrogen-bond donors (Lipinski definition) is 2. The van der Waals surface area contributed by atoms with Crippen molar-refractivity contribution in [1.82, 2.24) is 29.7 Å². The first kappa shape index (κ1) is 38.1. The smallest absolute Gasteiger partial charge is 0.320 e. The van der Waals surface area contributed by atoms with Crippen LogP contribution in [0.3, 0.4) is 0 Å². The van der Waals surface area contributed by atoms with Crippen LogP contribution in [-0.4, -0.2) is 70.4 Å². The molecule has 0 saturated carbocycles. The molecular formula is C40H50N8O6S. The molecule has 0 spiro atoms. The fourth-order valence-electron chi connectivity index (χ4n) is 7.23. The highest BCUT2D eigenvalue weighted by Gasteiger charge is 2.31. The Balaban J connectivity index is 1.07. The average Bonchev–Trinajstić information content (AvgIpc) is 3.76. The summed E-state index contributed by atoms with van der Waals surface area (Å²) in [7, 11) is -3.60. The molecule has 4 heterocycles. The van der Waals surface area contributed by atoms with Crippen LogP contribution in [0.25, 0.3) is 11.3 Å². The first-order valence-corrected chi connectivity index (χ1v) is 20.7. The molecule has 1 aliphatic carbocycles. The Bertz CT molecular complexity index is 2260. The molecule has 14 nitrogen and oxygen atoms in total. The number of ether oxygens (including phenoxy) is 2. The van der Waals surface area contributed by atoms with Crippen molar-refractivity contribution in [3.05, 3.63) is 89.7 Å². The molecule has 2 amide bonds. The molecule has 55 heavy (non-hydrogen) atoms. The highest BCUT2D eigenvalue weighted by molar-refractivity contribution is 7.85. The molecule has 0 radical (unpaired) electrons. The number of aromatic nitrogens is 5. The topological polar surface area (TPSA) is 154 Å². The molecular weight excluding hydrogens is 721 g/mol. The Morgan fingerprint density at radius 1 is 0.964 bits per heavy atom. The number of pyridine rings is 1. The number of piperidine rings is 1. The van der Waals surface area contributed by atoms with E-state index in [0.29, 0.717) is 36.1 Å². The van der Waals surface area contributed by atoms with Gasteiger partial charge < -0.3 is 19.7 Å². The Morgan fingerprint density at radius 3 is 2.53 bits per heavy atom. The van der Waals surface area contributed by atoms with Gasteiger partial charge in [0, 0.05) is 30.1 Å². The van der Waals surface area contributed by atoms with E-state index in [9.17, 15) is 13.2 Å². The summed E-state index contributed by atoms with van der Waals surface area (Å²) in [6.45, 7) is 11.0. The normalized spacial score (nSPS) is 19.5. The number of urea groups is 1. The predicted octanol–water partition coefficient (Wildman–Crippen LogP) is 7.11. The third kappa shape index (κ3) is 8.89. The second-order valence-electron chi connectivity index (χ2n) is 15.6. The summed E-state index contributed by atoms with van der Waals surface area (Å²) in [6.07, 6.45) is 7.13. The molecule has 1 aliphatic heterocycles. The molecule has 2 aliphatic rings. The molecule has 3 aromatic heterocycles. The number of carbonyl (C=O) groups excluding carboxylic acids is 1. The van der Waals surface area contributed by atoms with Crippen molar-refractivity contribution >= 4 is 33.6 Å². The highest BCUT2D eigenvalue weighted by Crippen LogP contribution is 2.39. The van der Waals surface area contributed by atoms with E-state index in [1.165, 1.54) is 6.42 Å². The zero-order chi connectivity index (χ0) is 38.9. The third-order valence-electron chi connectivity index (χ3n) is 10.1. The van der Waals surface area contributed by atoms with E-state index >= 15 is 0 Å². The van der Waals surface area contributed by atoms with Crippen LogP contribution in [-0.2, 0) is 19.7 Å². The maximum absolute atomic E-state index is 13.8. The number of rotatable bonds is 11. The molecule has 0 unspecified atom stereocenters. The Morgan fingerprint density at radius 2 is 1.76 bits per heavy atom. The van der Waals surface area contributed by atoms with Crippen molar-refractivity contribution in [1.29, 1.82) is 0 Å². The summed E-state index contributed by atoms with van der Waals surface area (Å²) in [5, 5.41) is 20.1. The van der Waals surface area contributed by atoms with E-state index in [2.05, 4.69) is 59.5 Å². The van der Waals surface area contributed by atoms with Crippen LogP contribution in [0.5, 0.6) is 11.5 Å². The van der Waals surface area contributed by atoms with Gasteiger partial charge in [-0.2, -0.15) is 13.5 Å². The van der Waals surface area contributed by atoms with Crippen LogP contribution in [0.1, 0.15) is 95.7 Å². The second-order valence-corrected chi connectivity index (χ2v) is 17.2. The minimum Gasteiger partial charge on any atom is -0.488 e. The minimum atomic E-state index is -3.60. The summed E-state index contributed by atoms with van der Waals surface area (Å²) in [4.78, 5) is 16.1. The van der Waals surface area contributed by atoms with E-state index in [4.69, 9.17) is 18.8 Å². The molecule has 1 fully saturated rings. The zero-order valence-corrected chi connectivity index (χ0v) is 33.0. The number of amides is 2. The molecule has 292 valence electrons. The van der Waals surface area contributed by atoms with Crippen LogP contribution in [0, 0.1) is 0 Å². The van der Waals surface area contributed by atoms with Gasteiger partial charge in [0.2, 0.25) is 5.95 Å². The van der Waals surface area contributed by atoms with Crippen LogP contribution in [0.15, 0.2) is 72.9 Å². The van der Waals surface area contributed by atoms with Gasteiger partial charge in [-0.3, -0.25) is 13.9 Å². The summed E-state index contributed by atoms with van der Waals surface area (Å²) in [5.41, 5.74) is 3.96. The lowest BCUT2D eigenvalue weighted by atomic mass is 9.85. The lowest BCUT2D eigenvalue weighted by Gasteiger charge is -2.33. The summed E-state index contributed by atoms with van der Waals surface area (Å²) in [5.74, 6) is 2.56. The van der Waals surface area contributed by atoms with Crippen molar-refractivity contribution in [3.8, 4) is 17.2 Å². The first-order valence-electron chi connectivity index (χ1n) is 18.9. The number of carbonyl (C=O) groups is 1. The van der Waals surface area contributed by atoms with E-state index in [1.807, 2.05) is 59.1 Å². The van der Waals surface area contributed by atoms with Gasteiger partial charge in [-0.15, -0.1) is 10.2 Å². The van der Waals surface area contributed by atoms with Gasteiger partial charge in [0.25, 0.3) is 10.1 Å². The number of anilines is 2. The van der Waals surface area contributed by atoms with Crippen molar-refractivity contribution in [2.24, 2.45) is 0 Å².